The van der Waals surface area contributed by atoms with Gasteiger partial charge in [-0.1, -0.05) is 18.2 Å². The lowest BCUT2D eigenvalue weighted by Crippen LogP contribution is -2.12. The molecule has 3 rings (SSSR count). The van der Waals surface area contributed by atoms with Crippen LogP contribution < -0.4 is 18.9 Å². The van der Waals surface area contributed by atoms with Crippen LogP contribution in [0.3, 0.4) is 0 Å². The summed E-state index contributed by atoms with van der Waals surface area (Å²) in [7, 11) is 4.67. The van der Waals surface area contributed by atoms with E-state index in [1.807, 2.05) is 36.4 Å². The SMILES string of the molecule is COc1cc(C2Oc3ccccc3C2C=O)cc(OC)c1OC. The van der Waals surface area contributed by atoms with Crippen LogP contribution in [-0.2, 0) is 4.79 Å². The Balaban J connectivity index is 2.07. The van der Waals surface area contributed by atoms with E-state index >= 15 is 0 Å². The van der Waals surface area contributed by atoms with E-state index in [0.717, 1.165) is 23.2 Å². The average Bonchev–Trinajstić information content (AvgIpc) is 2.98. The number of hydrogen-bond acceptors (Lipinski definition) is 5. The van der Waals surface area contributed by atoms with Crippen LogP contribution in [0.5, 0.6) is 23.0 Å². The number of fused-ring (bicyclic) bond motifs is 1. The molecule has 2 aromatic rings. The predicted molar refractivity (Wildman–Crippen MR) is 84.7 cm³/mol. The average molecular weight is 314 g/mol. The van der Waals surface area contributed by atoms with Crippen LogP contribution in [0.25, 0.3) is 0 Å². The minimum Gasteiger partial charge on any atom is -0.493 e. The van der Waals surface area contributed by atoms with Crippen molar-refractivity contribution in [1.29, 1.82) is 0 Å². The van der Waals surface area contributed by atoms with Crippen LogP contribution >= 0.6 is 0 Å². The summed E-state index contributed by atoms with van der Waals surface area (Å²) in [5.74, 6) is 1.94. The first-order chi connectivity index (χ1) is 11.2. The number of ether oxygens (including phenoxy) is 4. The Morgan fingerprint density at radius 1 is 1.00 bits per heavy atom. The van der Waals surface area contributed by atoms with Gasteiger partial charge in [0.25, 0.3) is 0 Å². The molecule has 0 aliphatic carbocycles. The fourth-order valence-electron chi connectivity index (χ4n) is 2.92. The summed E-state index contributed by atoms with van der Waals surface area (Å²) >= 11 is 0. The van der Waals surface area contributed by atoms with Gasteiger partial charge >= 0.3 is 0 Å². The van der Waals surface area contributed by atoms with Crippen LogP contribution in [0, 0.1) is 0 Å². The van der Waals surface area contributed by atoms with Crippen LogP contribution in [0.2, 0.25) is 0 Å². The zero-order chi connectivity index (χ0) is 16.4. The molecule has 1 heterocycles. The summed E-state index contributed by atoms with van der Waals surface area (Å²) in [6.07, 6.45) is 0.498. The molecule has 0 saturated carbocycles. The fourth-order valence-corrected chi connectivity index (χ4v) is 2.92. The van der Waals surface area contributed by atoms with Crippen molar-refractivity contribution in [2.24, 2.45) is 0 Å². The van der Waals surface area contributed by atoms with Crippen LogP contribution in [0.15, 0.2) is 36.4 Å². The molecule has 2 unspecified atom stereocenters. The summed E-state index contributed by atoms with van der Waals surface area (Å²) in [4.78, 5) is 11.6. The molecule has 1 aliphatic heterocycles. The number of rotatable bonds is 5. The number of para-hydroxylation sites is 1. The van der Waals surface area contributed by atoms with Crippen molar-refractivity contribution in [1.82, 2.24) is 0 Å². The second-order valence-electron chi connectivity index (χ2n) is 5.20. The number of hydrogen-bond donors (Lipinski definition) is 0. The van der Waals surface area contributed by atoms with E-state index in [-0.39, 0.29) is 5.92 Å². The molecular formula is C18H18O5. The van der Waals surface area contributed by atoms with Crippen molar-refractivity contribution in [3.63, 3.8) is 0 Å². The van der Waals surface area contributed by atoms with E-state index in [2.05, 4.69) is 0 Å². The standard InChI is InChI=1S/C18H18O5/c1-20-15-8-11(9-16(21-2)18(15)22-3)17-13(10-19)12-6-4-5-7-14(12)23-17/h4-10,13,17H,1-3H3. The van der Waals surface area contributed by atoms with E-state index in [0.29, 0.717) is 17.2 Å². The third kappa shape index (κ3) is 2.48. The molecule has 0 amide bonds. The summed E-state index contributed by atoms with van der Waals surface area (Å²) in [5.41, 5.74) is 1.69. The van der Waals surface area contributed by atoms with Gasteiger partial charge in [0.05, 0.1) is 27.2 Å². The van der Waals surface area contributed by atoms with Crippen molar-refractivity contribution in [2.45, 2.75) is 12.0 Å². The van der Waals surface area contributed by atoms with Crippen molar-refractivity contribution < 1.29 is 23.7 Å². The molecule has 1 aliphatic rings. The maximum Gasteiger partial charge on any atom is 0.203 e. The minimum absolute atomic E-state index is 0.367. The predicted octanol–water partition coefficient (Wildman–Crippen LogP) is 3.13. The van der Waals surface area contributed by atoms with Gasteiger partial charge < -0.3 is 23.7 Å². The Bertz CT molecular complexity index is 700. The van der Waals surface area contributed by atoms with Gasteiger partial charge in [-0.25, -0.2) is 0 Å². The van der Waals surface area contributed by atoms with Crippen molar-refractivity contribution >= 4 is 6.29 Å². The van der Waals surface area contributed by atoms with E-state index in [1.165, 1.54) is 0 Å². The largest absolute Gasteiger partial charge is 0.493 e. The smallest absolute Gasteiger partial charge is 0.203 e. The molecule has 2 aromatic carbocycles. The molecule has 0 radical (unpaired) electrons. The first kappa shape index (κ1) is 15.2. The third-order valence-electron chi connectivity index (χ3n) is 4.02. The molecule has 0 bridgehead atoms. The molecule has 120 valence electrons. The number of aldehydes is 1. The van der Waals surface area contributed by atoms with Crippen molar-refractivity contribution in [3.8, 4) is 23.0 Å². The number of carbonyl (C=O) groups is 1. The summed E-state index contributed by atoms with van der Waals surface area (Å²) < 4.78 is 22.1. The van der Waals surface area contributed by atoms with Gasteiger partial charge in [0.1, 0.15) is 18.1 Å². The second-order valence-corrected chi connectivity index (χ2v) is 5.20. The molecular weight excluding hydrogens is 296 g/mol. The van der Waals surface area contributed by atoms with Crippen molar-refractivity contribution in [2.75, 3.05) is 21.3 Å². The van der Waals surface area contributed by atoms with Gasteiger partial charge in [0.2, 0.25) is 5.75 Å². The van der Waals surface area contributed by atoms with E-state index in [9.17, 15) is 4.79 Å². The first-order valence-corrected chi connectivity index (χ1v) is 7.24. The highest BCUT2D eigenvalue weighted by Gasteiger charge is 2.36. The lowest BCUT2D eigenvalue weighted by Gasteiger charge is -2.19. The van der Waals surface area contributed by atoms with Gasteiger partial charge in [0.15, 0.2) is 11.5 Å². The maximum atomic E-state index is 11.6. The van der Waals surface area contributed by atoms with E-state index in [1.54, 1.807) is 21.3 Å². The highest BCUT2D eigenvalue weighted by atomic mass is 16.5. The third-order valence-corrected chi connectivity index (χ3v) is 4.02. The second kappa shape index (κ2) is 6.20. The topological polar surface area (TPSA) is 54.0 Å². The van der Waals surface area contributed by atoms with E-state index < -0.39 is 6.10 Å². The lowest BCUT2D eigenvalue weighted by molar-refractivity contribution is -0.110. The van der Waals surface area contributed by atoms with Crippen LogP contribution in [-0.4, -0.2) is 27.6 Å². The highest BCUT2D eigenvalue weighted by Crippen LogP contribution is 2.48. The van der Waals surface area contributed by atoms with Crippen LogP contribution in [0.4, 0.5) is 0 Å². The molecule has 5 nitrogen and oxygen atoms in total. The lowest BCUT2D eigenvalue weighted by atomic mass is 9.92. The first-order valence-electron chi connectivity index (χ1n) is 7.24. The Hall–Kier alpha value is -2.69. The van der Waals surface area contributed by atoms with Gasteiger partial charge in [0, 0.05) is 11.1 Å². The van der Waals surface area contributed by atoms with Crippen LogP contribution in [0.1, 0.15) is 23.1 Å². The summed E-state index contributed by atoms with van der Waals surface area (Å²) in [6, 6.07) is 11.2. The van der Waals surface area contributed by atoms with Gasteiger partial charge in [-0.05, 0) is 18.2 Å². The van der Waals surface area contributed by atoms with Gasteiger partial charge in [-0.3, -0.25) is 0 Å². The number of carbonyl (C=O) groups excluding carboxylic acids is 1. The molecule has 5 heteroatoms. The Kier molecular flexibility index (Phi) is 4.10. The maximum absolute atomic E-state index is 11.6. The molecule has 2 atom stereocenters. The molecule has 23 heavy (non-hydrogen) atoms. The number of methoxy groups -OCH3 is 3. The Labute approximate surface area is 134 Å². The molecule has 0 spiro atoms. The molecule has 0 aromatic heterocycles. The monoisotopic (exact) mass is 314 g/mol. The van der Waals surface area contributed by atoms with E-state index in [4.69, 9.17) is 18.9 Å². The molecule has 0 saturated heterocycles. The fraction of sp³-hybridized carbons (Fsp3) is 0.278. The Morgan fingerprint density at radius 2 is 1.65 bits per heavy atom. The zero-order valence-electron chi connectivity index (χ0n) is 13.2. The number of benzene rings is 2. The zero-order valence-corrected chi connectivity index (χ0v) is 13.2. The van der Waals surface area contributed by atoms with Crippen molar-refractivity contribution in [3.05, 3.63) is 47.5 Å². The highest BCUT2D eigenvalue weighted by molar-refractivity contribution is 5.69. The normalized spacial score (nSPS) is 18.7. The van der Waals surface area contributed by atoms with Gasteiger partial charge in [-0.2, -0.15) is 0 Å². The molecule has 0 fully saturated rings. The quantitative estimate of drug-likeness (QED) is 0.794. The minimum atomic E-state index is -0.418. The van der Waals surface area contributed by atoms with Gasteiger partial charge in [-0.15, -0.1) is 0 Å². The Morgan fingerprint density at radius 3 is 2.22 bits per heavy atom. The summed E-state index contributed by atoms with van der Waals surface area (Å²) in [6.45, 7) is 0. The molecule has 0 N–H and O–H groups in total. The summed E-state index contributed by atoms with van der Waals surface area (Å²) in [5, 5.41) is 0.